The lowest BCUT2D eigenvalue weighted by Gasteiger charge is -2.18. The molecule has 0 aliphatic carbocycles. The first kappa shape index (κ1) is 15.5. The molecule has 8 heteroatoms. The van der Waals surface area contributed by atoms with Crippen LogP contribution in [0.1, 0.15) is 17.4 Å². The van der Waals surface area contributed by atoms with E-state index >= 15 is 0 Å². The number of nitrogens with one attached hydrogen (secondary N) is 1. The second-order valence-electron chi connectivity index (χ2n) is 4.44. The van der Waals surface area contributed by atoms with Gasteiger partial charge in [-0.3, -0.25) is 0 Å². The highest BCUT2D eigenvalue weighted by Gasteiger charge is 2.11. The molecule has 1 aromatic heterocycles. The van der Waals surface area contributed by atoms with E-state index in [2.05, 4.69) is 16.4 Å². The first-order valence-corrected chi connectivity index (χ1v) is 6.07. The second-order valence-corrected chi connectivity index (χ2v) is 4.44. The van der Waals surface area contributed by atoms with Crippen LogP contribution in [0.5, 0.6) is 0 Å². The van der Waals surface area contributed by atoms with E-state index in [-0.39, 0.29) is 17.6 Å². The van der Waals surface area contributed by atoms with Crippen molar-refractivity contribution in [2.75, 3.05) is 20.1 Å². The molecule has 1 rings (SSSR count). The Morgan fingerprint density at radius 3 is 2.90 bits per heavy atom. The third-order valence-electron chi connectivity index (χ3n) is 2.61. The Kier molecular flexibility index (Phi) is 5.53. The number of urea groups is 1. The minimum Gasteiger partial charge on any atom is -0.476 e. The quantitative estimate of drug-likeness (QED) is 0.782. The summed E-state index contributed by atoms with van der Waals surface area (Å²) in [6.07, 6.45) is 2.80. The average molecular weight is 279 g/mol. The van der Waals surface area contributed by atoms with E-state index in [1.54, 1.807) is 18.5 Å². The van der Waals surface area contributed by atoms with Crippen LogP contribution in [-0.2, 0) is 6.54 Å². The lowest BCUT2D eigenvalue weighted by atomic mass is 10.2. The van der Waals surface area contributed by atoms with Crippen molar-refractivity contribution in [2.45, 2.75) is 13.5 Å². The number of aromatic carboxylic acids is 1. The molecule has 0 aliphatic heterocycles. The number of carbonyl (C=O) groups is 2. The van der Waals surface area contributed by atoms with Gasteiger partial charge in [-0.2, -0.15) is 5.26 Å². The molecular formula is C12H17N5O3. The van der Waals surface area contributed by atoms with Crippen LogP contribution >= 0.6 is 0 Å². The Bertz CT molecular complexity index is 519. The summed E-state index contributed by atoms with van der Waals surface area (Å²) in [5, 5.41) is 20.1. The number of imidazole rings is 1. The van der Waals surface area contributed by atoms with Crippen LogP contribution in [0.25, 0.3) is 0 Å². The lowest BCUT2D eigenvalue weighted by molar-refractivity contribution is 0.0691. The van der Waals surface area contributed by atoms with Crippen LogP contribution in [0.3, 0.4) is 0 Å². The number of carboxylic acid groups (broad SMARTS) is 1. The molecule has 20 heavy (non-hydrogen) atoms. The van der Waals surface area contributed by atoms with Crippen LogP contribution in [0.2, 0.25) is 0 Å². The molecule has 0 aliphatic rings. The first-order chi connectivity index (χ1) is 9.43. The molecule has 1 atom stereocenters. The van der Waals surface area contributed by atoms with Gasteiger partial charge in [0, 0.05) is 32.9 Å². The fraction of sp³-hybridized carbons (Fsp3) is 0.500. The topological polar surface area (TPSA) is 111 Å². The van der Waals surface area contributed by atoms with E-state index in [9.17, 15) is 9.59 Å². The average Bonchev–Trinajstić information content (AvgIpc) is 2.87. The Morgan fingerprint density at radius 2 is 2.35 bits per heavy atom. The number of aromatic nitrogens is 2. The molecule has 1 heterocycles. The van der Waals surface area contributed by atoms with Crippen molar-refractivity contribution in [1.82, 2.24) is 19.8 Å². The summed E-state index contributed by atoms with van der Waals surface area (Å²) in [5.41, 5.74) is -0.0312. The Balaban J connectivity index is 2.34. The predicted octanol–water partition coefficient (Wildman–Crippen LogP) is 0.382. The van der Waals surface area contributed by atoms with Crippen molar-refractivity contribution in [3.05, 3.63) is 18.2 Å². The Labute approximate surface area is 116 Å². The number of hydrogen-bond donors (Lipinski definition) is 2. The maximum Gasteiger partial charge on any atom is 0.356 e. The monoisotopic (exact) mass is 279 g/mol. The number of nitrogens with zero attached hydrogens (tertiary/aromatic N) is 4. The molecule has 0 aromatic carbocycles. The zero-order valence-corrected chi connectivity index (χ0v) is 11.4. The second kappa shape index (κ2) is 7.13. The van der Waals surface area contributed by atoms with Crippen molar-refractivity contribution >= 4 is 12.0 Å². The lowest BCUT2D eigenvalue weighted by Crippen LogP contribution is -2.40. The van der Waals surface area contributed by atoms with E-state index in [0.29, 0.717) is 19.6 Å². The van der Waals surface area contributed by atoms with Crippen molar-refractivity contribution in [1.29, 1.82) is 5.26 Å². The van der Waals surface area contributed by atoms with Crippen molar-refractivity contribution in [3.8, 4) is 6.07 Å². The van der Waals surface area contributed by atoms with E-state index < -0.39 is 5.97 Å². The van der Waals surface area contributed by atoms with Gasteiger partial charge in [0.1, 0.15) is 0 Å². The summed E-state index contributed by atoms with van der Waals surface area (Å²) < 4.78 is 1.58. The Morgan fingerprint density at radius 1 is 1.65 bits per heavy atom. The molecule has 0 spiro atoms. The van der Waals surface area contributed by atoms with Gasteiger partial charge < -0.3 is 19.9 Å². The smallest absolute Gasteiger partial charge is 0.356 e. The molecule has 108 valence electrons. The van der Waals surface area contributed by atoms with Gasteiger partial charge in [0.2, 0.25) is 0 Å². The van der Waals surface area contributed by atoms with Crippen molar-refractivity contribution in [2.24, 2.45) is 5.92 Å². The van der Waals surface area contributed by atoms with Gasteiger partial charge in [-0.1, -0.05) is 0 Å². The normalized spacial score (nSPS) is 11.4. The summed E-state index contributed by atoms with van der Waals surface area (Å²) in [6, 6.07) is 1.78. The third kappa shape index (κ3) is 4.61. The van der Waals surface area contributed by atoms with Gasteiger partial charge in [-0.15, -0.1) is 0 Å². The third-order valence-corrected chi connectivity index (χ3v) is 2.61. The molecule has 1 aromatic rings. The van der Waals surface area contributed by atoms with Gasteiger partial charge in [0.25, 0.3) is 0 Å². The van der Waals surface area contributed by atoms with E-state index in [0.717, 1.165) is 0 Å². The largest absolute Gasteiger partial charge is 0.476 e. The SMILES string of the molecule is CC(C#N)CN(C)C(=O)NCCn1cnc(C(=O)O)c1. The van der Waals surface area contributed by atoms with Crippen LogP contribution in [0.4, 0.5) is 4.79 Å². The van der Waals surface area contributed by atoms with Gasteiger partial charge in [-0.05, 0) is 6.92 Å². The number of carbonyl (C=O) groups excluding carboxylic acids is 1. The summed E-state index contributed by atoms with van der Waals surface area (Å²) >= 11 is 0. The maximum atomic E-state index is 11.7. The molecule has 0 saturated heterocycles. The van der Waals surface area contributed by atoms with Crippen molar-refractivity contribution < 1.29 is 14.7 Å². The van der Waals surface area contributed by atoms with Gasteiger partial charge >= 0.3 is 12.0 Å². The summed E-state index contributed by atoms with van der Waals surface area (Å²) in [6.45, 7) is 2.87. The molecule has 0 fully saturated rings. The van der Waals surface area contributed by atoms with Crippen LogP contribution < -0.4 is 5.32 Å². The fourth-order valence-corrected chi connectivity index (χ4v) is 1.55. The summed E-state index contributed by atoms with van der Waals surface area (Å²) in [4.78, 5) is 27.5. The number of rotatable bonds is 6. The van der Waals surface area contributed by atoms with Gasteiger partial charge in [0.05, 0.1) is 18.3 Å². The molecule has 0 radical (unpaired) electrons. The number of carboxylic acids is 1. The maximum absolute atomic E-state index is 11.7. The molecule has 2 N–H and O–H groups in total. The zero-order chi connectivity index (χ0) is 15.1. The van der Waals surface area contributed by atoms with Crippen molar-refractivity contribution in [3.63, 3.8) is 0 Å². The van der Waals surface area contributed by atoms with E-state index in [4.69, 9.17) is 10.4 Å². The molecular weight excluding hydrogens is 262 g/mol. The van der Waals surface area contributed by atoms with E-state index in [1.165, 1.54) is 17.4 Å². The van der Waals surface area contributed by atoms with Crippen LogP contribution in [0.15, 0.2) is 12.5 Å². The highest BCUT2D eigenvalue weighted by atomic mass is 16.4. The van der Waals surface area contributed by atoms with Gasteiger partial charge in [0.15, 0.2) is 5.69 Å². The zero-order valence-electron chi connectivity index (χ0n) is 11.4. The molecule has 0 saturated carbocycles. The first-order valence-electron chi connectivity index (χ1n) is 6.07. The Hall–Kier alpha value is -2.56. The predicted molar refractivity (Wildman–Crippen MR) is 70.0 cm³/mol. The summed E-state index contributed by atoms with van der Waals surface area (Å²) in [7, 11) is 1.61. The fourth-order valence-electron chi connectivity index (χ4n) is 1.55. The number of nitriles is 1. The highest BCUT2D eigenvalue weighted by Crippen LogP contribution is 1.97. The minimum absolute atomic E-state index is 0.0312. The highest BCUT2D eigenvalue weighted by molar-refractivity contribution is 5.84. The van der Waals surface area contributed by atoms with Crippen LogP contribution in [0, 0.1) is 17.2 Å². The van der Waals surface area contributed by atoms with Gasteiger partial charge in [-0.25, -0.2) is 14.6 Å². The number of amides is 2. The number of hydrogen-bond acceptors (Lipinski definition) is 4. The van der Waals surface area contributed by atoms with E-state index in [1.807, 2.05) is 0 Å². The molecule has 8 nitrogen and oxygen atoms in total. The molecule has 0 bridgehead atoms. The van der Waals surface area contributed by atoms with Crippen LogP contribution in [-0.4, -0.2) is 51.7 Å². The molecule has 1 unspecified atom stereocenters. The molecule has 2 amide bonds. The summed E-state index contributed by atoms with van der Waals surface area (Å²) in [5.74, 6) is -1.31. The standard InChI is InChI=1S/C12H17N5O3/c1-9(5-13)6-16(2)12(20)14-3-4-17-7-10(11(18)19)15-8-17/h7-9H,3-4,6H2,1-2H3,(H,14,20)(H,18,19). The minimum atomic E-state index is -1.09.